The summed E-state index contributed by atoms with van der Waals surface area (Å²) in [7, 11) is -2.14. The second kappa shape index (κ2) is 10.5. The number of aryl methyl sites for hydroxylation is 1. The fraction of sp³-hybridized carbons (Fsp3) is 0.435. The van der Waals surface area contributed by atoms with Crippen LogP contribution in [0, 0.1) is 0 Å². The molecule has 1 atom stereocenters. The number of rotatable bonds is 10. The van der Waals surface area contributed by atoms with Crippen LogP contribution in [0.1, 0.15) is 44.2 Å². The second-order valence-electron chi connectivity index (χ2n) is 7.73. The lowest BCUT2D eigenvalue weighted by Crippen LogP contribution is -2.48. The van der Waals surface area contributed by atoms with E-state index in [0.717, 1.165) is 23.4 Å². The van der Waals surface area contributed by atoms with Crippen molar-refractivity contribution in [2.75, 3.05) is 24.2 Å². The van der Waals surface area contributed by atoms with Crippen LogP contribution in [-0.2, 0) is 21.2 Å². The lowest BCUT2D eigenvalue weighted by atomic mass is 10.0. The number of ether oxygens (including phenoxy) is 1. The summed E-state index contributed by atoms with van der Waals surface area (Å²) in [4.78, 5) is 12.6. The highest BCUT2D eigenvalue weighted by Crippen LogP contribution is 2.25. The van der Waals surface area contributed by atoms with Crippen molar-refractivity contribution in [1.29, 1.82) is 0 Å². The van der Waals surface area contributed by atoms with Gasteiger partial charge in [-0.05, 0) is 48.9 Å². The number of carbonyl (C=O) groups excluding carboxylic acids is 1. The van der Waals surface area contributed by atoms with Gasteiger partial charge in [-0.3, -0.25) is 9.10 Å². The third kappa shape index (κ3) is 6.49. The molecule has 0 bridgehead atoms. The maximum absolute atomic E-state index is 12.6. The van der Waals surface area contributed by atoms with Gasteiger partial charge in [0.1, 0.15) is 11.8 Å². The number of hydrogen-bond donors (Lipinski definition) is 1. The average molecular weight is 433 g/mol. The van der Waals surface area contributed by atoms with Gasteiger partial charge < -0.3 is 10.1 Å². The van der Waals surface area contributed by atoms with Crippen LogP contribution in [0.5, 0.6) is 5.75 Å². The van der Waals surface area contributed by atoms with Gasteiger partial charge in [0.2, 0.25) is 15.9 Å². The number of carbonyl (C=O) groups is 1. The summed E-state index contributed by atoms with van der Waals surface area (Å²) in [5.41, 5.74) is 2.92. The van der Waals surface area contributed by atoms with Crippen molar-refractivity contribution in [1.82, 2.24) is 5.32 Å². The van der Waals surface area contributed by atoms with Gasteiger partial charge in [0.15, 0.2) is 0 Å². The van der Waals surface area contributed by atoms with Crippen molar-refractivity contribution < 1.29 is 17.9 Å². The molecule has 0 saturated carbocycles. The van der Waals surface area contributed by atoms with E-state index in [9.17, 15) is 13.2 Å². The quantitative estimate of drug-likeness (QED) is 0.581. The topological polar surface area (TPSA) is 75.7 Å². The summed E-state index contributed by atoms with van der Waals surface area (Å²) in [6.07, 6.45) is 2.72. The van der Waals surface area contributed by atoms with Gasteiger partial charge >= 0.3 is 0 Å². The molecular formula is C23H32N2O4S. The van der Waals surface area contributed by atoms with E-state index in [2.05, 4.69) is 43.4 Å². The van der Waals surface area contributed by atoms with Gasteiger partial charge in [0.25, 0.3) is 0 Å². The minimum absolute atomic E-state index is 0.335. The predicted octanol–water partition coefficient (Wildman–Crippen LogP) is 3.72. The largest absolute Gasteiger partial charge is 0.497 e. The van der Waals surface area contributed by atoms with Crippen molar-refractivity contribution in [3.05, 3.63) is 59.7 Å². The molecule has 0 unspecified atom stereocenters. The maximum atomic E-state index is 12.6. The molecule has 0 aliphatic heterocycles. The zero-order chi connectivity index (χ0) is 22.3. The highest BCUT2D eigenvalue weighted by molar-refractivity contribution is 7.92. The van der Waals surface area contributed by atoms with Crippen molar-refractivity contribution in [2.24, 2.45) is 0 Å². The number of nitrogens with zero attached hydrogens (tertiary/aromatic N) is 1. The first-order valence-corrected chi connectivity index (χ1v) is 12.0. The van der Waals surface area contributed by atoms with E-state index >= 15 is 0 Å². The third-order valence-electron chi connectivity index (χ3n) is 4.98. The molecule has 0 radical (unpaired) electrons. The van der Waals surface area contributed by atoms with Crippen LogP contribution in [0.15, 0.2) is 48.5 Å². The normalized spacial score (nSPS) is 12.5. The molecule has 0 saturated heterocycles. The first-order valence-electron chi connectivity index (χ1n) is 10.1. The molecule has 164 valence electrons. The number of amides is 1. The van der Waals surface area contributed by atoms with E-state index in [4.69, 9.17) is 4.74 Å². The molecule has 2 aromatic rings. The Hall–Kier alpha value is -2.54. The fourth-order valence-electron chi connectivity index (χ4n) is 3.28. The predicted molar refractivity (Wildman–Crippen MR) is 122 cm³/mol. The Morgan fingerprint density at radius 3 is 2.33 bits per heavy atom. The Morgan fingerprint density at radius 2 is 1.77 bits per heavy atom. The SMILES string of the molecule is COc1cccc(N([C@@H](C)C(=O)NCCCc2ccc(C(C)C)cc2)S(C)(=O)=O)c1. The van der Waals surface area contributed by atoms with Crippen LogP contribution in [0.3, 0.4) is 0 Å². The highest BCUT2D eigenvalue weighted by Gasteiger charge is 2.29. The van der Waals surface area contributed by atoms with Crippen LogP contribution in [0.4, 0.5) is 5.69 Å². The minimum Gasteiger partial charge on any atom is -0.497 e. The number of anilines is 1. The smallest absolute Gasteiger partial charge is 0.243 e. The van der Waals surface area contributed by atoms with Crippen molar-refractivity contribution in [2.45, 2.75) is 45.6 Å². The lowest BCUT2D eigenvalue weighted by molar-refractivity contribution is -0.121. The van der Waals surface area contributed by atoms with Crippen LogP contribution < -0.4 is 14.4 Å². The van der Waals surface area contributed by atoms with Gasteiger partial charge in [0.05, 0.1) is 19.1 Å². The zero-order valence-corrected chi connectivity index (χ0v) is 19.2. The molecular weight excluding hydrogens is 400 g/mol. The molecule has 7 heteroatoms. The summed E-state index contributed by atoms with van der Waals surface area (Å²) in [5.74, 6) is 0.692. The number of nitrogens with one attached hydrogen (secondary N) is 1. The monoisotopic (exact) mass is 432 g/mol. The average Bonchev–Trinajstić information content (AvgIpc) is 2.70. The first-order chi connectivity index (χ1) is 14.1. The Kier molecular flexibility index (Phi) is 8.29. The zero-order valence-electron chi connectivity index (χ0n) is 18.4. The van der Waals surface area contributed by atoms with E-state index in [1.165, 1.54) is 18.2 Å². The summed E-state index contributed by atoms with van der Waals surface area (Å²) in [6.45, 7) is 6.39. The van der Waals surface area contributed by atoms with Crippen molar-refractivity contribution >= 4 is 21.6 Å². The highest BCUT2D eigenvalue weighted by atomic mass is 32.2. The van der Waals surface area contributed by atoms with Gasteiger partial charge in [-0.25, -0.2) is 8.42 Å². The Balaban J connectivity index is 1.96. The Bertz CT molecular complexity index is 940. The summed E-state index contributed by atoms with van der Waals surface area (Å²) < 4.78 is 31.0. The minimum atomic E-state index is -3.66. The molecule has 0 heterocycles. The van der Waals surface area contributed by atoms with E-state index < -0.39 is 16.1 Å². The van der Waals surface area contributed by atoms with Crippen LogP contribution in [0.2, 0.25) is 0 Å². The molecule has 1 N–H and O–H groups in total. The first kappa shape index (κ1) is 23.7. The third-order valence-corrected chi connectivity index (χ3v) is 6.23. The molecule has 2 rings (SSSR count). The van der Waals surface area contributed by atoms with Crippen LogP contribution in [-0.4, -0.2) is 40.3 Å². The lowest BCUT2D eigenvalue weighted by Gasteiger charge is -2.28. The summed E-state index contributed by atoms with van der Waals surface area (Å²) in [5, 5.41) is 2.86. The fourth-order valence-corrected chi connectivity index (χ4v) is 4.44. The molecule has 0 aromatic heterocycles. The molecule has 30 heavy (non-hydrogen) atoms. The molecule has 0 spiro atoms. The maximum Gasteiger partial charge on any atom is 0.243 e. The van der Waals surface area contributed by atoms with E-state index in [1.54, 1.807) is 31.2 Å². The Labute approximate surface area is 180 Å². The van der Waals surface area contributed by atoms with Gasteiger partial charge in [-0.15, -0.1) is 0 Å². The van der Waals surface area contributed by atoms with Crippen molar-refractivity contribution in [3.63, 3.8) is 0 Å². The van der Waals surface area contributed by atoms with Crippen molar-refractivity contribution in [3.8, 4) is 5.75 Å². The molecule has 0 aliphatic carbocycles. The standard InChI is InChI=1S/C23H32N2O4S/c1-17(2)20-13-11-19(12-14-20)8-7-15-24-23(26)18(3)25(30(5,27)28)21-9-6-10-22(16-21)29-4/h6,9-14,16-18H,7-8,15H2,1-5H3,(H,24,26)/t18-/m0/s1. The Morgan fingerprint density at radius 1 is 1.10 bits per heavy atom. The van der Waals surface area contributed by atoms with E-state index in [0.29, 0.717) is 23.9 Å². The van der Waals surface area contributed by atoms with Crippen LogP contribution >= 0.6 is 0 Å². The number of sulfonamides is 1. The van der Waals surface area contributed by atoms with E-state index in [1.807, 2.05) is 0 Å². The molecule has 2 aromatic carbocycles. The molecule has 0 aliphatic rings. The number of hydrogen-bond acceptors (Lipinski definition) is 4. The van der Waals surface area contributed by atoms with Gasteiger partial charge in [0, 0.05) is 12.6 Å². The number of methoxy groups -OCH3 is 1. The summed E-state index contributed by atoms with van der Waals surface area (Å²) >= 11 is 0. The van der Waals surface area contributed by atoms with Gasteiger partial charge in [-0.2, -0.15) is 0 Å². The van der Waals surface area contributed by atoms with Crippen LogP contribution in [0.25, 0.3) is 0 Å². The second-order valence-corrected chi connectivity index (χ2v) is 9.59. The molecule has 1 amide bonds. The van der Waals surface area contributed by atoms with Gasteiger partial charge in [-0.1, -0.05) is 44.2 Å². The summed E-state index contributed by atoms with van der Waals surface area (Å²) in [6, 6.07) is 14.3. The van der Waals surface area contributed by atoms with E-state index in [-0.39, 0.29) is 5.91 Å². The number of benzene rings is 2. The molecule has 0 fully saturated rings. The molecule has 6 nitrogen and oxygen atoms in total.